The molecule has 25 heavy (non-hydrogen) atoms. The van der Waals surface area contributed by atoms with Crippen molar-refractivity contribution in [2.45, 2.75) is 58.2 Å². The molecule has 0 aromatic heterocycles. The molecule has 0 aromatic carbocycles. The predicted octanol–water partition coefficient (Wildman–Crippen LogP) is -0.874. The van der Waals surface area contributed by atoms with Gasteiger partial charge in [-0.15, -0.1) is 0 Å². The summed E-state index contributed by atoms with van der Waals surface area (Å²) in [5.41, 5.74) is 15.1. The van der Waals surface area contributed by atoms with Gasteiger partial charge in [-0.3, -0.25) is 19.2 Å². The van der Waals surface area contributed by atoms with E-state index in [4.69, 9.17) is 37.6 Å². The third kappa shape index (κ3) is 24.1. The molecule has 0 radical (unpaired) electrons. The average molecular weight is 367 g/mol. The summed E-state index contributed by atoms with van der Waals surface area (Å²) in [5.74, 6) is -3.72. The van der Waals surface area contributed by atoms with E-state index in [9.17, 15) is 19.2 Å². The Morgan fingerprint density at radius 3 is 1.28 bits per heavy atom. The summed E-state index contributed by atoms with van der Waals surface area (Å²) >= 11 is 0. The van der Waals surface area contributed by atoms with Crippen LogP contribution in [0.5, 0.6) is 0 Å². The second-order valence-corrected chi connectivity index (χ2v) is 5.58. The number of nitrogens with two attached hydrogens (primary N) is 3. The van der Waals surface area contributed by atoms with Gasteiger partial charge < -0.3 is 37.6 Å². The first kappa shape index (κ1) is 27.6. The number of carboxylic acids is 4. The average Bonchev–Trinajstić information content (AvgIpc) is 2.44. The normalized spacial score (nSPS) is 13.2. The molecular weight excluding hydrogens is 338 g/mol. The van der Waals surface area contributed by atoms with Gasteiger partial charge in [-0.2, -0.15) is 0 Å². The fourth-order valence-corrected chi connectivity index (χ4v) is 1.01. The third-order valence-corrected chi connectivity index (χ3v) is 2.42. The maximum absolute atomic E-state index is 10.1. The maximum Gasteiger partial charge on any atom is 0.320 e. The highest BCUT2D eigenvalue weighted by atomic mass is 16.4. The standard InChI is InChI=1S/C6H13NO2.C5H9NO4.C3H7NO2/c1-4(2)3-5(7)6(8)9;6-3(5(9)10)1-2-4(7)8;1-2(4)3(5)6/h4-5H,3,7H2,1-2H3,(H,8,9);3H,1-2,6H2,(H,7,8)(H,9,10);2H,4H2,1H3,(H,5,6). The van der Waals surface area contributed by atoms with Gasteiger partial charge in [0.2, 0.25) is 0 Å². The summed E-state index contributed by atoms with van der Waals surface area (Å²) in [7, 11) is 0. The van der Waals surface area contributed by atoms with Crippen LogP contribution in [0, 0.1) is 5.92 Å². The van der Waals surface area contributed by atoms with Crippen molar-refractivity contribution in [1.29, 1.82) is 0 Å². The maximum atomic E-state index is 10.1. The quantitative estimate of drug-likeness (QED) is 0.278. The summed E-state index contributed by atoms with van der Waals surface area (Å²) in [6, 6.07) is -2.48. The molecule has 0 rings (SSSR count). The molecule has 10 N–H and O–H groups in total. The fraction of sp³-hybridized carbons (Fsp3) is 0.714. The van der Waals surface area contributed by atoms with E-state index in [1.165, 1.54) is 6.92 Å². The van der Waals surface area contributed by atoms with Crippen molar-refractivity contribution in [3.05, 3.63) is 0 Å². The minimum atomic E-state index is -1.17. The van der Waals surface area contributed by atoms with Gasteiger partial charge in [-0.1, -0.05) is 13.8 Å². The molecule has 3 atom stereocenters. The monoisotopic (exact) mass is 367 g/mol. The SMILES string of the molecule is CC(C)CC(N)C(=O)O.CC(N)C(=O)O.NC(CCC(=O)O)C(=O)O. The first-order chi connectivity index (χ1) is 11.2. The third-order valence-electron chi connectivity index (χ3n) is 2.42. The lowest BCUT2D eigenvalue weighted by Gasteiger charge is -2.07. The molecule has 3 unspecified atom stereocenters. The summed E-state index contributed by atoms with van der Waals surface area (Å²) < 4.78 is 0. The first-order valence-corrected chi connectivity index (χ1v) is 7.39. The Bertz CT molecular complexity index is 426. The number of rotatable bonds is 8. The Kier molecular flexibility index (Phi) is 16.9. The molecule has 0 aliphatic rings. The molecule has 0 heterocycles. The Hall–Kier alpha value is -2.24. The molecule has 0 saturated heterocycles. The Morgan fingerprint density at radius 2 is 1.12 bits per heavy atom. The largest absolute Gasteiger partial charge is 0.481 e. The molecule has 11 nitrogen and oxygen atoms in total. The zero-order valence-electron chi connectivity index (χ0n) is 14.6. The van der Waals surface area contributed by atoms with Gasteiger partial charge in [0.1, 0.15) is 18.1 Å². The van der Waals surface area contributed by atoms with Crippen molar-refractivity contribution >= 4 is 23.9 Å². The molecular formula is C14H29N3O8. The molecule has 0 aliphatic carbocycles. The zero-order chi connectivity index (χ0) is 20.7. The molecule has 0 fully saturated rings. The first-order valence-electron chi connectivity index (χ1n) is 7.39. The fourth-order valence-electron chi connectivity index (χ4n) is 1.01. The van der Waals surface area contributed by atoms with Crippen molar-refractivity contribution in [3.63, 3.8) is 0 Å². The number of hydrogen-bond donors (Lipinski definition) is 7. The van der Waals surface area contributed by atoms with E-state index >= 15 is 0 Å². The van der Waals surface area contributed by atoms with Crippen LogP contribution in [-0.2, 0) is 19.2 Å². The van der Waals surface area contributed by atoms with Crippen LogP contribution in [0.25, 0.3) is 0 Å². The van der Waals surface area contributed by atoms with E-state index in [0.717, 1.165) is 0 Å². The zero-order valence-corrected chi connectivity index (χ0v) is 14.6. The summed E-state index contributed by atoms with van der Waals surface area (Å²) in [6.07, 6.45) is 0.327. The molecule has 148 valence electrons. The van der Waals surface area contributed by atoms with Gasteiger partial charge in [-0.05, 0) is 25.7 Å². The second-order valence-electron chi connectivity index (χ2n) is 5.58. The van der Waals surface area contributed by atoms with Gasteiger partial charge in [-0.25, -0.2) is 0 Å². The number of carbonyl (C=O) groups is 4. The summed E-state index contributed by atoms with van der Waals surface area (Å²) in [6.45, 7) is 5.31. The van der Waals surface area contributed by atoms with Crippen molar-refractivity contribution in [2.75, 3.05) is 0 Å². The summed E-state index contributed by atoms with van der Waals surface area (Å²) in [5, 5.41) is 32.4. The van der Waals surface area contributed by atoms with Gasteiger partial charge in [0, 0.05) is 6.42 Å². The molecule has 0 saturated carbocycles. The highest BCUT2D eigenvalue weighted by Crippen LogP contribution is 2.01. The minimum absolute atomic E-state index is 0.0231. The van der Waals surface area contributed by atoms with E-state index in [1.54, 1.807) is 0 Å². The van der Waals surface area contributed by atoms with Crippen LogP contribution < -0.4 is 17.2 Å². The van der Waals surface area contributed by atoms with Crippen LogP contribution >= 0.6 is 0 Å². The van der Waals surface area contributed by atoms with E-state index < -0.39 is 42.0 Å². The highest BCUT2D eigenvalue weighted by Gasteiger charge is 2.12. The minimum Gasteiger partial charge on any atom is -0.481 e. The molecule has 0 amide bonds. The van der Waals surface area contributed by atoms with E-state index in [-0.39, 0.29) is 12.8 Å². The Morgan fingerprint density at radius 1 is 0.760 bits per heavy atom. The topological polar surface area (TPSA) is 227 Å². The van der Waals surface area contributed by atoms with Crippen LogP contribution in [0.1, 0.15) is 40.0 Å². The van der Waals surface area contributed by atoms with Crippen LogP contribution in [0.4, 0.5) is 0 Å². The molecule has 11 heteroatoms. The second kappa shape index (κ2) is 15.3. The van der Waals surface area contributed by atoms with Crippen molar-refractivity contribution in [1.82, 2.24) is 0 Å². The Balaban J connectivity index is -0.000000300. The lowest BCUT2D eigenvalue weighted by atomic mass is 10.1. The lowest BCUT2D eigenvalue weighted by Crippen LogP contribution is -2.31. The van der Waals surface area contributed by atoms with E-state index in [0.29, 0.717) is 12.3 Å². The lowest BCUT2D eigenvalue weighted by molar-refractivity contribution is -0.141. The van der Waals surface area contributed by atoms with Crippen LogP contribution in [0.3, 0.4) is 0 Å². The van der Waals surface area contributed by atoms with Gasteiger partial charge in [0.15, 0.2) is 0 Å². The summed E-state index contributed by atoms with van der Waals surface area (Å²) in [4.78, 5) is 39.6. The molecule has 0 aliphatic heterocycles. The smallest absolute Gasteiger partial charge is 0.320 e. The molecule has 0 spiro atoms. The Labute approximate surface area is 145 Å². The number of carboxylic acid groups (broad SMARTS) is 4. The van der Waals surface area contributed by atoms with Crippen molar-refractivity contribution < 1.29 is 39.6 Å². The van der Waals surface area contributed by atoms with Gasteiger partial charge in [0.05, 0.1) is 0 Å². The van der Waals surface area contributed by atoms with Gasteiger partial charge in [0.25, 0.3) is 0 Å². The van der Waals surface area contributed by atoms with E-state index in [2.05, 4.69) is 0 Å². The van der Waals surface area contributed by atoms with Crippen LogP contribution in [0.15, 0.2) is 0 Å². The van der Waals surface area contributed by atoms with Crippen LogP contribution in [-0.4, -0.2) is 62.4 Å². The molecule has 0 aromatic rings. The van der Waals surface area contributed by atoms with Gasteiger partial charge >= 0.3 is 23.9 Å². The van der Waals surface area contributed by atoms with Crippen molar-refractivity contribution in [2.24, 2.45) is 23.1 Å². The predicted molar refractivity (Wildman–Crippen MR) is 88.8 cm³/mol. The number of hydrogen-bond acceptors (Lipinski definition) is 7. The van der Waals surface area contributed by atoms with Crippen LogP contribution in [0.2, 0.25) is 0 Å². The number of aliphatic carboxylic acids is 4. The van der Waals surface area contributed by atoms with Crippen molar-refractivity contribution in [3.8, 4) is 0 Å². The molecule has 0 bridgehead atoms. The highest BCUT2D eigenvalue weighted by molar-refractivity contribution is 5.74. The van der Waals surface area contributed by atoms with E-state index in [1.807, 2.05) is 13.8 Å².